The first-order chi connectivity index (χ1) is 14.1. The molecule has 0 saturated carbocycles. The standard InChI is InChI=1S/C24H27NO4/c1-3-21-14-24(29-25-21)23(13-19-11-9-18(2)10-12-19)28-17-22(26)16-27-15-20-7-5-4-6-8-20/h1,4-12,22-24,26H,13-17H2,2H3/t22-,23-,24+/m1/s1. The highest BCUT2D eigenvalue weighted by Gasteiger charge is 2.30. The van der Waals surface area contributed by atoms with E-state index in [4.69, 9.17) is 20.7 Å². The minimum atomic E-state index is -0.728. The van der Waals surface area contributed by atoms with Crippen molar-refractivity contribution in [3.63, 3.8) is 0 Å². The summed E-state index contributed by atoms with van der Waals surface area (Å²) in [6, 6.07) is 18.1. The monoisotopic (exact) mass is 393 g/mol. The molecule has 0 aromatic heterocycles. The van der Waals surface area contributed by atoms with Crippen molar-refractivity contribution in [2.24, 2.45) is 5.16 Å². The summed E-state index contributed by atoms with van der Waals surface area (Å²) in [5, 5.41) is 14.2. The van der Waals surface area contributed by atoms with Crippen molar-refractivity contribution in [1.29, 1.82) is 0 Å². The van der Waals surface area contributed by atoms with Crippen LogP contribution in [0.2, 0.25) is 0 Å². The number of aliphatic hydroxyl groups is 1. The summed E-state index contributed by atoms with van der Waals surface area (Å²) in [6.07, 6.45) is 5.36. The largest absolute Gasteiger partial charge is 0.389 e. The van der Waals surface area contributed by atoms with Crippen molar-refractivity contribution in [1.82, 2.24) is 0 Å². The van der Waals surface area contributed by atoms with Gasteiger partial charge >= 0.3 is 0 Å². The van der Waals surface area contributed by atoms with E-state index in [9.17, 15) is 5.11 Å². The third kappa shape index (κ3) is 6.72. The van der Waals surface area contributed by atoms with E-state index in [-0.39, 0.29) is 25.4 Å². The van der Waals surface area contributed by atoms with E-state index < -0.39 is 6.10 Å². The summed E-state index contributed by atoms with van der Waals surface area (Å²) >= 11 is 0. The second-order valence-electron chi connectivity index (χ2n) is 7.25. The molecule has 5 nitrogen and oxygen atoms in total. The number of rotatable bonds is 10. The Morgan fingerprint density at radius 2 is 1.90 bits per heavy atom. The molecule has 1 N–H and O–H groups in total. The lowest BCUT2D eigenvalue weighted by Gasteiger charge is -2.24. The molecule has 0 spiro atoms. The third-order valence-corrected chi connectivity index (χ3v) is 4.76. The summed E-state index contributed by atoms with van der Waals surface area (Å²) in [7, 11) is 0. The maximum Gasteiger partial charge on any atom is 0.160 e. The number of benzene rings is 2. The maximum absolute atomic E-state index is 10.3. The first-order valence-electron chi connectivity index (χ1n) is 9.80. The average molecular weight is 393 g/mol. The van der Waals surface area contributed by atoms with Gasteiger partial charge in [-0.3, -0.25) is 0 Å². The summed E-state index contributed by atoms with van der Waals surface area (Å²) in [5.41, 5.74) is 3.98. The number of terminal acetylenes is 1. The van der Waals surface area contributed by atoms with Crippen LogP contribution < -0.4 is 0 Å². The Balaban J connectivity index is 1.50. The molecule has 0 aliphatic carbocycles. The van der Waals surface area contributed by atoms with Crippen LogP contribution in [0, 0.1) is 19.3 Å². The smallest absolute Gasteiger partial charge is 0.160 e. The number of aliphatic hydroxyl groups excluding tert-OH is 1. The van der Waals surface area contributed by atoms with Crippen LogP contribution in [0.1, 0.15) is 23.1 Å². The molecule has 0 bridgehead atoms. The van der Waals surface area contributed by atoms with E-state index in [2.05, 4.69) is 42.3 Å². The van der Waals surface area contributed by atoms with Gasteiger partial charge in [-0.1, -0.05) is 71.2 Å². The van der Waals surface area contributed by atoms with Gasteiger partial charge in [0.1, 0.15) is 17.9 Å². The van der Waals surface area contributed by atoms with Crippen LogP contribution in [-0.4, -0.2) is 42.3 Å². The lowest BCUT2D eigenvalue weighted by molar-refractivity contribution is -0.0935. The van der Waals surface area contributed by atoms with Gasteiger partial charge < -0.3 is 19.4 Å². The minimum Gasteiger partial charge on any atom is -0.389 e. The lowest BCUT2D eigenvalue weighted by atomic mass is 9.99. The zero-order valence-corrected chi connectivity index (χ0v) is 16.7. The molecule has 0 unspecified atom stereocenters. The van der Waals surface area contributed by atoms with Crippen LogP contribution in [-0.2, 0) is 27.3 Å². The van der Waals surface area contributed by atoms with Crippen molar-refractivity contribution < 1.29 is 19.4 Å². The lowest BCUT2D eigenvalue weighted by Crippen LogP contribution is -2.35. The number of hydrogen-bond acceptors (Lipinski definition) is 5. The molecular weight excluding hydrogens is 366 g/mol. The highest BCUT2D eigenvalue weighted by atomic mass is 16.7. The van der Waals surface area contributed by atoms with Crippen LogP contribution in [0.4, 0.5) is 0 Å². The van der Waals surface area contributed by atoms with Gasteiger partial charge in [-0.25, -0.2) is 0 Å². The summed E-state index contributed by atoms with van der Waals surface area (Å²) < 4.78 is 11.6. The van der Waals surface area contributed by atoms with E-state index in [0.29, 0.717) is 25.2 Å². The molecule has 1 aliphatic heterocycles. The molecule has 0 radical (unpaired) electrons. The van der Waals surface area contributed by atoms with Crippen molar-refractivity contribution in [3.8, 4) is 12.3 Å². The predicted octanol–water partition coefficient (Wildman–Crippen LogP) is 3.28. The van der Waals surface area contributed by atoms with Gasteiger partial charge in [-0.2, -0.15) is 0 Å². The molecule has 3 rings (SSSR count). The first kappa shape index (κ1) is 21.1. The summed E-state index contributed by atoms with van der Waals surface area (Å²) in [6.45, 7) is 2.85. The molecule has 2 aromatic carbocycles. The Labute approximate surface area is 172 Å². The molecule has 152 valence electrons. The van der Waals surface area contributed by atoms with E-state index >= 15 is 0 Å². The van der Waals surface area contributed by atoms with Gasteiger partial charge in [0.15, 0.2) is 6.10 Å². The van der Waals surface area contributed by atoms with Gasteiger partial charge in [0.25, 0.3) is 0 Å². The van der Waals surface area contributed by atoms with Gasteiger partial charge in [0.05, 0.1) is 19.8 Å². The molecule has 0 fully saturated rings. The minimum absolute atomic E-state index is 0.149. The van der Waals surface area contributed by atoms with E-state index in [0.717, 1.165) is 11.1 Å². The Hall–Kier alpha value is -2.65. The first-order valence-corrected chi connectivity index (χ1v) is 9.80. The number of oxime groups is 1. The van der Waals surface area contributed by atoms with E-state index in [1.807, 2.05) is 30.3 Å². The van der Waals surface area contributed by atoms with Crippen molar-refractivity contribution in [2.75, 3.05) is 13.2 Å². The number of aryl methyl sites for hydroxylation is 1. The molecule has 0 saturated heterocycles. The molecule has 5 heteroatoms. The fraction of sp³-hybridized carbons (Fsp3) is 0.375. The highest BCUT2D eigenvalue weighted by molar-refractivity contribution is 6.00. The van der Waals surface area contributed by atoms with E-state index in [1.54, 1.807) is 0 Å². The SMILES string of the molecule is C#CC1=NO[C@H]([C@@H](Cc2ccc(C)cc2)OC[C@H](O)COCc2ccccc2)C1. The maximum atomic E-state index is 10.3. The van der Waals surface area contributed by atoms with Crippen LogP contribution in [0.25, 0.3) is 0 Å². The fourth-order valence-corrected chi connectivity index (χ4v) is 3.11. The number of ether oxygens (including phenoxy) is 2. The Morgan fingerprint density at radius 3 is 2.59 bits per heavy atom. The van der Waals surface area contributed by atoms with Gasteiger partial charge in [0.2, 0.25) is 0 Å². The third-order valence-electron chi connectivity index (χ3n) is 4.76. The van der Waals surface area contributed by atoms with Crippen molar-refractivity contribution >= 4 is 5.71 Å². The average Bonchev–Trinajstić information content (AvgIpc) is 3.22. The van der Waals surface area contributed by atoms with Crippen molar-refractivity contribution in [2.45, 2.75) is 44.7 Å². The van der Waals surface area contributed by atoms with Crippen LogP contribution in [0.3, 0.4) is 0 Å². The Morgan fingerprint density at radius 1 is 1.14 bits per heavy atom. The molecule has 1 aliphatic rings. The van der Waals surface area contributed by atoms with Crippen LogP contribution in [0.5, 0.6) is 0 Å². The van der Waals surface area contributed by atoms with Gasteiger partial charge in [0, 0.05) is 12.8 Å². The van der Waals surface area contributed by atoms with E-state index in [1.165, 1.54) is 5.56 Å². The molecule has 2 aromatic rings. The molecule has 1 heterocycles. The van der Waals surface area contributed by atoms with Gasteiger partial charge in [-0.05, 0) is 18.1 Å². The second kappa shape index (κ2) is 10.8. The molecular formula is C24H27NO4. The zero-order chi connectivity index (χ0) is 20.5. The molecule has 3 atom stereocenters. The van der Waals surface area contributed by atoms with Gasteiger partial charge in [-0.15, -0.1) is 6.42 Å². The summed E-state index contributed by atoms with van der Waals surface area (Å²) in [4.78, 5) is 5.49. The Bertz CT molecular complexity index is 826. The Kier molecular flexibility index (Phi) is 7.83. The highest BCUT2D eigenvalue weighted by Crippen LogP contribution is 2.20. The molecule has 0 amide bonds. The number of nitrogens with zero attached hydrogens (tertiary/aromatic N) is 1. The van der Waals surface area contributed by atoms with Crippen molar-refractivity contribution in [3.05, 3.63) is 71.3 Å². The van der Waals surface area contributed by atoms with Crippen LogP contribution >= 0.6 is 0 Å². The predicted molar refractivity (Wildman–Crippen MR) is 112 cm³/mol. The fourth-order valence-electron chi connectivity index (χ4n) is 3.11. The molecule has 29 heavy (non-hydrogen) atoms. The number of hydrogen-bond donors (Lipinski definition) is 1. The normalized spacial score (nSPS) is 17.8. The summed E-state index contributed by atoms with van der Waals surface area (Å²) in [5.74, 6) is 2.53. The topological polar surface area (TPSA) is 60.3 Å². The second-order valence-corrected chi connectivity index (χ2v) is 7.25. The quantitative estimate of drug-likeness (QED) is 0.630. The van der Waals surface area contributed by atoms with Crippen LogP contribution in [0.15, 0.2) is 59.8 Å². The zero-order valence-electron chi connectivity index (χ0n) is 16.7.